The van der Waals surface area contributed by atoms with E-state index in [4.69, 9.17) is 11.6 Å². The zero-order chi connectivity index (χ0) is 26.7. The Morgan fingerprint density at radius 3 is 2.11 bits per heavy atom. The van der Waals surface area contributed by atoms with E-state index in [1.807, 2.05) is 6.92 Å². The summed E-state index contributed by atoms with van der Waals surface area (Å²) in [7, 11) is -4.93. The normalized spacial score (nSPS) is 12.2. The first-order valence-electron chi connectivity index (χ1n) is 10.9. The van der Waals surface area contributed by atoms with E-state index in [2.05, 4.69) is 5.32 Å². The number of hydrogen-bond donors (Lipinski definition) is 1. The number of carbonyl (C=O) groups excluding carboxylic acids is 1. The lowest BCUT2D eigenvalue weighted by molar-refractivity contribution is -0.116. The molecule has 3 aromatic rings. The van der Waals surface area contributed by atoms with Gasteiger partial charge < -0.3 is 5.32 Å². The van der Waals surface area contributed by atoms with Crippen molar-refractivity contribution in [3.8, 4) is 0 Å². The molecule has 0 saturated heterocycles. The number of rotatable bonds is 9. The first kappa shape index (κ1) is 27.8. The van der Waals surface area contributed by atoms with Crippen molar-refractivity contribution in [3.63, 3.8) is 0 Å². The molecule has 0 aliphatic rings. The van der Waals surface area contributed by atoms with Crippen molar-refractivity contribution in [2.45, 2.75) is 30.2 Å². The van der Waals surface area contributed by atoms with E-state index >= 15 is 0 Å². The van der Waals surface area contributed by atoms with E-state index in [0.717, 1.165) is 14.2 Å². The number of halogens is 1. The molecule has 36 heavy (non-hydrogen) atoms. The van der Waals surface area contributed by atoms with Gasteiger partial charge in [0.05, 0.1) is 16.3 Å². The van der Waals surface area contributed by atoms with Gasteiger partial charge in [0, 0.05) is 31.4 Å². The quantitative estimate of drug-likeness (QED) is 0.434. The molecule has 0 aliphatic carbocycles. The van der Waals surface area contributed by atoms with Crippen LogP contribution in [0.2, 0.25) is 5.02 Å². The van der Waals surface area contributed by atoms with Gasteiger partial charge in [-0.25, -0.2) is 21.1 Å². The fourth-order valence-corrected chi connectivity index (χ4v) is 5.91. The number of sulfonamides is 2. The monoisotopic (exact) mass is 549 g/mol. The predicted octanol–water partition coefficient (Wildman–Crippen LogP) is 4.04. The molecule has 1 N–H and O–H groups in total. The number of nitrogens with one attached hydrogen (secondary N) is 1. The van der Waals surface area contributed by atoms with Crippen LogP contribution in [0.5, 0.6) is 0 Å². The summed E-state index contributed by atoms with van der Waals surface area (Å²) in [5, 5.41) is 3.11. The Hall–Kier alpha value is -2.76. The molecule has 3 aromatic carbocycles. The molecule has 11 heteroatoms. The molecule has 0 unspecified atom stereocenters. The van der Waals surface area contributed by atoms with Crippen LogP contribution in [0.1, 0.15) is 16.7 Å². The van der Waals surface area contributed by atoms with Gasteiger partial charge in [-0.2, -0.15) is 4.31 Å². The summed E-state index contributed by atoms with van der Waals surface area (Å²) >= 11 is 6.08. The molecule has 0 saturated carbocycles. The fraction of sp³-hybridized carbons (Fsp3) is 0.240. The van der Waals surface area contributed by atoms with Crippen LogP contribution in [0.3, 0.4) is 0 Å². The molecular formula is C25H28ClN3O5S2. The van der Waals surface area contributed by atoms with Gasteiger partial charge in [-0.05, 0) is 61.4 Å². The number of aryl methyl sites for hydroxylation is 2. The molecular weight excluding hydrogens is 522 g/mol. The smallest absolute Gasteiger partial charge is 0.243 e. The van der Waals surface area contributed by atoms with Gasteiger partial charge in [0.1, 0.15) is 0 Å². The molecule has 0 aromatic heterocycles. The minimum Gasteiger partial charge on any atom is -0.325 e. The van der Waals surface area contributed by atoms with Gasteiger partial charge >= 0.3 is 0 Å². The number of anilines is 1. The zero-order valence-corrected chi connectivity index (χ0v) is 22.8. The summed E-state index contributed by atoms with van der Waals surface area (Å²) in [4.78, 5) is 13.1. The highest BCUT2D eigenvalue weighted by atomic mass is 35.5. The third-order valence-corrected chi connectivity index (χ3v) is 9.34. The standard InChI is InChI=1S/C25H28ClN3O5S2/c1-18-8-11-22(12-9-18)36(33,34)29(16-20-6-5-7-21(26)14-20)17-25(30)27-24-15-23(13-10-19(24)2)35(31,32)28(3)4/h5-15H,16-17H2,1-4H3,(H,27,30). The molecule has 0 radical (unpaired) electrons. The van der Waals surface area contributed by atoms with Crippen LogP contribution in [0.15, 0.2) is 76.5 Å². The second-order valence-electron chi connectivity index (χ2n) is 8.53. The SMILES string of the molecule is Cc1ccc(S(=O)(=O)N(CC(=O)Nc2cc(S(=O)(=O)N(C)C)ccc2C)Cc2cccc(Cl)c2)cc1. The Morgan fingerprint density at radius 1 is 0.861 bits per heavy atom. The molecule has 0 atom stereocenters. The summed E-state index contributed by atoms with van der Waals surface area (Å²) < 4.78 is 54.1. The van der Waals surface area contributed by atoms with Crippen LogP contribution in [0.4, 0.5) is 5.69 Å². The number of nitrogens with zero attached hydrogens (tertiary/aromatic N) is 2. The first-order chi connectivity index (χ1) is 16.8. The van der Waals surface area contributed by atoms with Gasteiger partial charge in [0.25, 0.3) is 0 Å². The fourth-order valence-electron chi connectivity index (χ4n) is 3.38. The molecule has 0 fully saturated rings. The summed E-state index contributed by atoms with van der Waals surface area (Å²) in [6, 6.07) is 17.5. The Morgan fingerprint density at radius 2 is 1.50 bits per heavy atom. The second-order valence-corrected chi connectivity index (χ2v) is 13.1. The molecule has 0 bridgehead atoms. The van der Waals surface area contributed by atoms with Crippen LogP contribution in [0.25, 0.3) is 0 Å². The van der Waals surface area contributed by atoms with Crippen molar-refractivity contribution in [1.82, 2.24) is 8.61 Å². The van der Waals surface area contributed by atoms with Crippen molar-refractivity contribution in [3.05, 3.63) is 88.4 Å². The molecule has 0 aliphatic heterocycles. The lowest BCUT2D eigenvalue weighted by atomic mass is 10.2. The summed E-state index contributed by atoms with van der Waals surface area (Å²) in [6.45, 7) is 2.99. The summed E-state index contributed by atoms with van der Waals surface area (Å²) in [5.41, 5.74) is 2.42. The average Bonchev–Trinajstić information content (AvgIpc) is 2.80. The second kappa shape index (κ2) is 11.1. The van der Waals surface area contributed by atoms with E-state index in [-0.39, 0.29) is 22.0 Å². The number of carbonyl (C=O) groups is 1. The maximum absolute atomic E-state index is 13.5. The summed E-state index contributed by atoms with van der Waals surface area (Å²) in [6.07, 6.45) is 0. The van der Waals surface area contributed by atoms with Gasteiger partial charge in [-0.1, -0.05) is 47.5 Å². The lowest BCUT2D eigenvalue weighted by Gasteiger charge is -2.22. The topological polar surface area (TPSA) is 104 Å². The van der Waals surface area contributed by atoms with E-state index in [9.17, 15) is 21.6 Å². The van der Waals surface area contributed by atoms with E-state index in [1.165, 1.54) is 38.4 Å². The van der Waals surface area contributed by atoms with E-state index in [1.54, 1.807) is 49.4 Å². The maximum atomic E-state index is 13.5. The Bertz CT molecular complexity index is 1470. The van der Waals surface area contributed by atoms with Gasteiger partial charge in [-0.15, -0.1) is 0 Å². The Labute approximate surface area is 217 Å². The highest BCUT2D eigenvalue weighted by Gasteiger charge is 2.27. The highest BCUT2D eigenvalue weighted by Crippen LogP contribution is 2.24. The van der Waals surface area contributed by atoms with Crippen LogP contribution in [-0.4, -0.2) is 52.0 Å². The van der Waals surface area contributed by atoms with Gasteiger partial charge in [0.2, 0.25) is 26.0 Å². The zero-order valence-electron chi connectivity index (χ0n) is 20.4. The lowest BCUT2D eigenvalue weighted by Crippen LogP contribution is -2.37. The van der Waals surface area contributed by atoms with Gasteiger partial charge in [0.15, 0.2) is 0 Å². The molecule has 1 amide bonds. The third-order valence-electron chi connectivity index (χ3n) is 5.49. The first-order valence-corrected chi connectivity index (χ1v) is 14.2. The minimum atomic E-state index is -4.04. The van der Waals surface area contributed by atoms with Crippen molar-refractivity contribution in [2.24, 2.45) is 0 Å². The molecule has 192 valence electrons. The van der Waals surface area contributed by atoms with Crippen LogP contribution in [-0.2, 0) is 31.4 Å². The van der Waals surface area contributed by atoms with Gasteiger partial charge in [-0.3, -0.25) is 4.79 Å². The Balaban J connectivity index is 1.92. The largest absolute Gasteiger partial charge is 0.325 e. The van der Waals surface area contributed by atoms with Crippen molar-refractivity contribution in [2.75, 3.05) is 26.0 Å². The average molecular weight is 550 g/mol. The maximum Gasteiger partial charge on any atom is 0.243 e. The molecule has 3 rings (SSSR count). The highest BCUT2D eigenvalue weighted by molar-refractivity contribution is 7.89. The minimum absolute atomic E-state index is 0.0106. The molecule has 8 nitrogen and oxygen atoms in total. The number of benzene rings is 3. The van der Waals surface area contributed by atoms with Crippen molar-refractivity contribution in [1.29, 1.82) is 0 Å². The summed E-state index contributed by atoms with van der Waals surface area (Å²) in [5.74, 6) is -0.616. The van der Waals surface area contributed by atoms with Crippen molar-refractivity contribution < 1.29 is 21.6 Å². The number of amides is 1. The Kier molecular flexibility index (Phi) is 8.58. The predicted molar refractivity (Wildman–Crippen MR) is 141 cm³/mol. The third kappa shape index (κ3) is 6.51. The van der Waals surface area contributed by atoms with E-state index in [0.29, 0.717) is 16.1 Å². The van der Waals surface area contributed by atoms with Crippen LogP contribution >= 0.6 is 11.6 Å². The molecule has 0 heterocycles. The van der Waals surface area contributed by atoms with Crippen LogP contribution < -0.4 is 5.32 Å². The number of hydrogen-bond acceptors (Lipinski definition) is 5. The molecule has 0 spiro atoms. The van der Waals surface area contributed by atoms with Crippen molar-refractivity contribution >= 4 is 43.2 Å². The van der Waals surface area contributed by atoms with Crippen LogP contribution in [0, 0.1) is 13.8 Å². The van der Waals surface area contributed by atoms with E-state index < -0.39 is 32.5 Å².